The van der Waals surface area contributed by atoms with Gasteiger partial charge in [0.15, 0.2) is 0 Å². The average molecular weight is 260 g/mol. The second-order valence-electron chi connectivity index (χ2n) is 3.33. The molecule has 0 unspecified atom stereocenters. The normalized spacial score (nSPS) is 10.6. The molecule has 6 nitrogen and oxygen atoms in total. The number of hydrogen-bond donors (Lipinski definition) is 1. The van der Waals surface area contributed by atoms with Crippen LogP contribution in [0.1, 0.15) is 5.56 Å². The third-order valence-electron chi connectivity index (χ3n) is 2.00. The summed E-state index contributed by atoms with van der Waals surface area (Å²) in [5.41, 5.74) is 0.929. The van der Waals surface area contributed by atoms with Gasteiger partial charge in [-0.15, -0.1) is 0 Å². The standard InChI is InChI=1S/C10H16N2O4S/c1-15-4-5-16-3-2-11-7-9-6-10(12(13)14)17-8-9/h6,8,11H,2-5,7H2,1H3. The summed E-state index contributed by atoms with van der Waals surface area (Å²) >= 11 is 1.15. The molecular formula is C10H16N2O4S. The van der Waals surface area contributed by atoms with E-state index in [4.69, 9.17) is 9.47 Å². The maximum absolute atomic E-state index is 10.5. The summed E-state index contributed by atoms with van der Waals surface area (Å²) in [7, 11) is 1.63. The Morgan fingerprint density at radius 1 is 1.47 bits per heavy atom. The Morgan fingerprint density at radius 2 is 2.29 bits per heavy atom. The minimum Gasteiger partial charge on any atom is -0.382 e. The first-order valence-electron chi connectivity index (χ1n) is 5.23. The molecule has 0 saturated heterocycles. The lowest BCUT2D eigenvalue weighted by Crippen LogP contribution is -2.19. The summed E-state index contributed by atoms with van der Waals surface area (Å²) in [5, 5.41) is 15.6. The quantitative estimate of drug-likeness (QED) is 0.413. The van der Waals surface area contributed by atoms with Crippen molar-refractivity contribution in [1.29, 1.82) is 0 Å². The molecule has 1 aromatic heterocycles. The van der Waals surface area contributed by atoms with Crippen LogP contribution in [0.15, 0.2) is 11.4 Å². The van der Waals surface area contributed by atoms with Gasteiger partial charge in [-0.3, -0.25) is 10.1 Å². The van der Waals surface area contributed by atoms with Crippen LogP contribution < -0.4 is 5.32 Å². The van der Waals surface area contributed by atoms with Gasteiger partial charge in [-0.2, -0.15) is 0 Å². The van der Waals surface area contributed by atoms with Crippen molar-refractivity contribution >= 4 is 16.3 Å². The first-order chi connectivity index (χ1) is 8.24. The fourth-order valence-corrected chi connectivity index (χ4v) is 1.90. The van der Waals surface area contributed by atoms with E-state index in [1.54, 1.807) is 18.6 Å². The van der Waals surface area contributed by atoms with Crippen molar-refractivity contribution < 1.29 is 14.4 Å². The van der Waals surface area contributed by atoms with Gasteiger partial charge in [0.05, 0.1) is 24.7 Å². The number of rotatable bonds is 9. The monoisotopic (exact) mass is 260 g/mol. The van der Waals surface area contributed by atoms with Gasteiger partial charge in [0.2, 0.25) is 0 Å². The number of thiophene rings is 1. The zero-order chi connectivity index (χ0) is 12.5. The van der Waals surface area contributed by atoms with E-state index in [1.165, 1.54) is 0 Å². The van der Waals surface area contributed by atoms with E-state index in [1.807, 2.05) is 0 Å². The Kier molecular flexibility index (Phi) is 6.71. The maximum Gasteiger partial charge on any atom is 0.324 e. The summed E-state index contributed by atoms with van der Waals surface area (Å²) < 4.78 is 10.1. The second kappa shape index (κ2) is 8.13. The Balaban J connectivity index is 2.07. The first-order valence-corrected chi connectivity index (χ1v) is 6.11. The third-order valence-corrected chi connectivity index (χ3v) is 2.93. The zero-order valence-electron chi connectivity index (χ0n) is 9.68. The van der Waals surface area contributed by atoms with E-state index in [0.29, 0.717) is 32.9 Å². The molecule has 0 amide bonds. The summed E-state index contributed by atoms with van der Waals surface area (Å²) in [5.74, 6) is 0. The Morgan fingerprint density at radius 3 is 2.94 bits per heavy atom. The maximum atomic E-state index is 10.5. The van der Waals surface area contributed by atoms with E-state index in [9.17, 15) is 10.1 Å². The molecule has 0 bridgehead atoms. The second-order valence-corrected chi connectivity index (χ2v) is 4.22. The molecule has 0 saturated carbocycles. The minimum atomic E-state index is -0.373. The largest absolute Gasteiger partial charge is 0.382 e. The lowest BCUT2D eigenvalue weighted by molar-refractivity contribution is -0.380. The highest BCUT2D eigenvalue weighted by molar-refractivity contribution is 7.13. The number of nitrogens with zero attached hydrogens (tertiary/aromatic N) is 1. The molecule has 96 valence electrons. The molecule has 0 aromatic carbocycles. The summed E-state index contributed by atoms with van der Waals surface area (Å²) in [6.07, 6.45) is 0. The van der Waals surface area contributed by atoms with E-state index in [2.05, 4.69) is 5.32 Å². The zero-order valence-corrected chi connectivity index (χ0v) is 10.5. The number of nitro groups is 1. The van der Waals surface area contributed by atoms with Crippen LogP contribution in [0.3, 0.4) is 0 Å². The fraction of sp³-hybridized carbons (Fsp3) is 0.600. The highest BCUT2D eigenvalue weighted by Gasteiger charge is 2.08. The molecule has 0 fully saturated rings. The average Bonchev–Trinajstić information content (AvgIpc) is 2.77. The van der Waals surface area contributed by atoms with Crippen molar-refractivity contribution in [1.82, 2.24) is 5.32 Å². The summed E-state index contributed by atoms with van der Waals surface area (Å²) in [6, 6.07) is 1.59. The Bertz CT molecular complexity index is 343. The molecule has 1 N–H and O–H groups in total. The number of nitrogens with one attached hydrogen (secondary N) is 1. The van der Waals surface area contributed by atoms with Crippen LogP contribution in [-0.4, -0.2) is 38.4 Å². The Hall–Kier alpha value is -1.02. The topological polar surface area (TPSA) is 73.6 Å². The van der Waals surface area contributed by atoms with Gasteiger partial charge in [-0.1, -0.05) is 11.3 Å². The van der Waals surface area contributed by atoms with Gasteiger partial charge >= 0.3 is 5.00 Å². The van der Waals surface area contributed by atoms with Crippen molar-refractivity contribution in [2.45, 2.75) is 6.54 Å². The molecule has 1 aromatic rings. The molecule has 0 aliphatic rings. The molecule has 7 heteroatoms. The molecule has 1 rings (SSSR count). The molecule has 0 aliphatic carbocycles. The van der Waals surface area contributed by atoms with Gasteiger partial charge in [0.25, 0.3) is 0 Å². The number of methoxy groups -OCH3 is 1. The fourth-order valence-electron chi connectivity index (χ4n) is 1.17. The van der Waals surface area contributed by atoms with Crippen LogP contribution in [0.4, 0.5) is 5.00 Å². The van der Waals surface area contributed by atoms with Crippen molar-refractivity contribution in [3.63, 3.8) is 0 Å². The van der Waals surface area contributed by atoms with Crippen molar-refractivity contribution in [3.05, 3.63) is 27.1 Å². The predicted molar refractivity (Wildman–Crippen MR) is 65.4 cm³/mol. The molecule has 17 heavy (non-hydrogen) atoms. The van der Waals surface area contributed by atoms with E-state index >= 15 is 0 Å². The van der Waals surface area contributed by atoms with Crippen LogP contribution in [0.25, 0.3) is 0 Å². The molecule has 0 aliphatic heterocycles. The van der Waals surface area contributed by atoms with Crippen molar-refractivity contribution in [2.24, 2.45) is 0 Å². The van der Waals surface area contributed by atoms with Gasteiger partial charge < -0.3 is 14.8 Å². The van der Waals surface area contributed by atoms with Crippen LogP contribution >= 0.6 is 11.3 Å². The molecule has 0 radical (unpaired) electrons. The summed E-state index contributed by atoms with van der Waals surface area (Å²) in [6.45, 7) is 3.12. The van der Waals surface area contributed by atoms with E-state index in [-0.39, 0.29) is 9.92 Å². The first kappa shape index (κ1) is 14.0. The van der Waals surface area contributed by atoms with E-state index in [0.717, 1.165) is 16.9 Å². The van der Waals surface area contributed by atoms with Gasteiger partial charge in [-0.05, 0) is 5.56 Å². The van der Waals surface area contributed by atoms with Crippen LogP contribution in [0.5, 0.6) is 0 Å². The lowest BCUT2D eigenvalue weighted by Gasteiger charge is -2.04. The minimum absolute atomic E-state index is 0.179. The summed E-state index contributed by atoms with van der Waals surface area (Å²) in [4.78, 5) is 10.1. The van der Waals surface area contributed by atoms with Crippen LogP contribution in [0, 0.1) is 10.1 Å². The Labute approximate surface area is 104 Å². The predicted octanol–water partition coefficient (Wildman–Crippen LogP) is 1.41. The SMILES string of the molecule is COCCOCCNCc1csc([N+](=O)[O-])c1. The van der Waals surface area contributed by atoms with Crippen LogP contribution in [-0.2, 0) is 16.0 Å². The number of ether oxygens (including phenoxy) is 2. The van der Waals surface area contributed by atoms with Gasteiger partial charge in [0, 0.05) is 31.6 Å². The highest BCUT2D eigenvalue weighted by Crippen LogP contribution is 2.22. The number of hydrogen-bond acceptors (Lipinski definition) is 6. The molecule has 0 atom stereocenters. The lowest BCUT2D eigenvalue weighted by atomic mass is 10.3. The van der Waals surface area contributed by atoms with Crippen molar-refractivity contribution in [2.75, 3.05) is 33.5 Å². The third kappa shape index (κ3) is 5.73. The van der Waals surface area contributed by atoms with Crippen LogP contribution in [0.2, 0.25) is 0 Å². The van der Waals surface area contributed by atoms with E-state index < -0.39 is 0 Å². The highest BCUT2D eigenvalue weighted by atomic mass is 32.1. The molecule has 0 spiro atoms. The smallest absolute Gasteiger partial charge is 0.324 e. The molecule has 1 heterocycles. The van der Waals surface area contributed by atoms with Gasteiger partial charge in [-0.25, -0.2) is 0 Å². The van der Waals surface area contributed by atoms with Crippen molar-refractivity contribution in [3.8, 4) is 0 Å². The molecular weight excluding hydrogens is 244 g/mol. The van der Waals surface area contributed by atoms with Gasteiger partial charge in [0.1, 0.15) is 0 Å².